The van der Waals surface area contributed by atoms with E-state index in [9.17, 15) is 0 Å². The van der Waals surface area contributed by atoms with Crippen molar-refractivity contribution in [1.29, 1.82) is 0 Å². The molecule has 1 saturated carbocycles. The topological polar surface area (TPSA) is 30.5 Å². The minimum absolute atomic E-state index is 0.425. The van der Waals surface area contributed by atoms with Gasteiger partial charge in [0.25, 0.3) is 0 Å². The largest absolute Gasteiger partial charge is 0.380 e. The Balaban J connectivity index is 1.79. The summed E-state index contributed by atoms with van der Waals surface area (Å²) < 4.78 is 10.6. The summed E-state index contributed by atoms with van der Waals surface area (Å²) in [4.78, 5) is 0. The lowest BCUT2D eigenvalue weighted by Crippen LogP contribution is -2.55. The second-order valence-electron chi connectivity index (χ2n) is 4.07. The molecule has 2 rings (SSSR count). The van der Waals surface area contributed by atoms with Crippen molar-refractivity contribution in [3.05, 3.63) is 0 Å². The molecule has 13 heavy (non-hydrogen) atoms. The van der Waals surface area contributed by atoms with Crippen LogP contribution in [0.2, 0.25) is 0 Å². The van der Waals surface area contributed by atoms with Crippen LogP contribution in [0.1, 0.15) is 25.7 Å². The van der Waals surface area contributed by atoms with E-state index in [0.29, 0.717) is 18.2 Å². The van der Waals surface area contributed by atoms with Gasteiger partial charge in [-0.25, -0.2) is 0 Å². The Morgan fingerprint density at radius 1 is 1.23 bits per heavy atom. The molecule has 0 aromatic rings. The summed E-state index contributed by atoms with van der Waals surface area (Å²) in [6, 6.07) is 1.15. The summed E-state index contributed by atoms with van der Waals surface area (Å²) in [5.74, 6) is 0. The van der Waals surface area contributed by atoms with Crippen LogP contribution in [-0.2, 0) is 9.47 Å². The molecule has 2 aliphatic rings. The van der Waals surface area contributed by atoms with Gasteiger partial charge in [-0.15, -0.1) is 0 Å². The third-order valence-corrected chi connectivity index (χ3v) is 3.09. The van der Waals surface area contributed by atoms with Crippen molar-refractivity contribution >= 4 is 0 Å². The highest BCUT2D eigenvalue weighted by molar-refractivity contribution is 4.86. The molecule has 1 aliphatic heterocycles. The highest BCUT2D eigenvalue weighted by Crippen LogP contribution is 2.21. The molecule has 0 amide bonds. The molecule has 3 nitrogen and oxygen atoms in total. The Morgan fingerprint density at radius 2 is 2.00 bits per heavy atom. The summed E-state index contributed by atoms with van der Waals surface area (Å²) >= 11 is 0. The predicted molar refractivity (Wildman–Crippen MR) is 50.8 cm³/mol. The number of nitrogens with one attached hydrogen (secondary N) is 1. The first kappa shape index (κ1) is 9.44. The van der Waals surface area contributed by atoms with Crippen molar-refractivity contribution in [3.8, 4) is 0 Å². The Labute approximate surface area is 79.8 Å². The second kappa shape index (κ2) is 4.40. The van der Waals surface area contributed by atoms with Gasteiger partial charge < -0.3 is 14.8 Å². The quantitative estimate of drug-likeness (QED) is 0.709. The maximum absolute atomic E-state index is 5.47. The van der Waals surface area contributed by atoms with Crippen LogP contribution in [0.25, 0.3) is 0 Å². The minimum Gasteiger partial charge on any atom is -0.380 e. The van der Waals surface area contributed by atoms with Gasteiger partial charge in [0.1, 0.15) is 0 Å². The molecule has 0 radical (unpaired) electrons. The van der Waals surface area contributed by atoms with E-state index in [1.54, 1.807) is 0 Å². The fraction of sp³-hybridized carbons (Fsp3) is 1.00. The molecule has 2 fully saturated rings. The normalized spacial score (nSPS) is 35.8. The van der Waals surface area contributed by atoms with E-state index in [4.69, 9.17) is 9.47 Å². The number of rotatable bonds is 3. The molecule has 1 heterocycles. The fourth-order valence-electron chi connectivity index (χ4n) is 2.20. The first-order valence-corrected chi connectivity index (χ1v) is 5.26. The fourth-order valence-corrected chi connectivity index (χ4v) is 2.20. The van der Waals surface area contributed by atoms with Crippen LogP contribution in [0.4, 0.5) is 0 Å². The lowest BCUT2D eigenvalue weighted by molar-refractivity contribution is -0.0313. The minimum atomic E-state index is 0.425. The van der Waals surface area contributed by atoms with Gasteiger partial charge in [-0.1, -0.05) is 12.8 Å². The zero-order chi connectivity index (χ0) is 9.10. The molecular formula is C10H19NO2. The van der Waals surface area contributed by atoms with Crippen LogP contribution >= 0.6 is 0 Å². The highest BCUT2D eigenvalue weighted by Gasteiger charge is 2.29. The van der Waals surface area contributed by atoms with E-state index < -0.39 is 0 Å². The number of hydrogen-bond acceptors (Lipinski definition) is 3. The van der Waals surface area contributed by atoms with Crippen molar-refractivity contribution in [1.82, 2.24) is 5.32 Å². The summed E-state index contributed by atoms with van der Waals surface area (Å²) in [5.41, 5.74) is 0. The van der Waals surface area contributed by atoms with Crippen LogP contribution in [0.3, 0.4) is 0 Å². The average molecular weight is 185 g/mol. The van der Waals surface area contributed by atoms with Crippen LogP contribution < -0.4 is 5.32 Å². The smallest absolute Gasteiger partial charge is 0.0724 e. The first-order chi connectivity index (χ1) is 6.40. The third kappa shape index (κ3) is 2.22. The molecule has 0 spiro atoms. The number of methoxy groups -OCH3 is 1. The summed E-state index contributed by atoms with van der Waals surface area (Å²) in [6.07, 6.45) is 5.55. The van der Waals surface area contributed by atoms with Crippen molar-refractivity contribution in [2.45, 2.75) is 43.9 Å². The zero-order valence-electron chi connectivity index (χ0n) is 8.29. The molecule has 3 heteroatoms. The Kier molecular flexibility index (Phi) is 3.19. The van der Waals surface area contributed by atoms with Gasteiger partial charge >= 0.3 is 0 Å². The molecule has 0 aromatic carbocycles. The van der Waals surface area contributed by atoms with Crippen LogP contribution in [0.15, 0.2) is 0 Å². The van der Waals surface area contributed by atoms with E-state index >= 15 is 0 Å². The van der Waals surface area contributed by atoms with E-state index in [2.05, 4.69) is 5.32 Å². The van der Waals surface area contributed by atoms with E-state index in [0.717, 1.165) is 13.2 Å². The Hall–Kier alpha value is -0.120. The van der Waals surface area contributed by atoms with Crippen LogP contribution in [-0.4, -0.2) is 38.5 Å². The van der Waals surface area contributed by atoms with Gasteiger partial charge in [0, 0.05) is 13.2 Å². The molecule has 1 saturated heterocycles. The van der Waals surface area contributed by atoms with Crippen LogP contribution in [0.5, 0.6) is 0 Å². The molecule has 1 N–H and O–H groups in total. The SMILES string of the molecule is COC1CCCCC1NC1COC1. The van der Waals surface area contributed by atoms with Crippen molar-refractivity contribution < 1.29 is 9.47 Å². The third-order valence-electron chi connectivity index (χ3n) is 3.09. The maximum Gasteiger partial charge on any atom is 0.0724 e. The lowest BCUT2D eigenvalue weighted by atomic mass is 9.91. The van der Waals surface area contributed by atoms with Gasteiger partial charge in [-0.2, -0.15) is 0 Å². The van der Waals surface area contributed by atoms with Crippen LogP contribution in [0, 0.1) is 0 Å². The Bertz CT molecular complexity index is 159. The molecule has 76 valence electrons. The van der Waals surface area contributed by atoms with Gasteiger partial charge in [-0.3, -0.25) is 0 Å². The zero-order valence-corrected chi connectivity index (χ0v) is 8.29. The van der Waals surface area contributed by atoms with Crippen molar-refractivity contribution in [3.63, 3.8) is 0 Å². The van der Waals surface area contributed by atoms with Gasteiger partial charge in [0.05, 0.1) is 25.4 Å². The summed E-state index contributed by atoms with van der Waals surface area (Å²) in [6.45, 7) is 1.76. The molecule has 2 unspecified atom stereocenters. The number of ether oxygens (including phenoxy) is 2. The predicted octanol–water partition coefficient (Wildman–Crippen LogP) is 0.932. The summed E-state index contributed by atoms with van der Waals surface area (Å²) in [5, 5.41) is 3.61. The van der Waals surface area contributed by atoms with E-state index in [-0.39, 0.29) is 0 Å². The monoisotopic (exact) mass is 185 g/mol. The van der Waals surface area contributed by atoms with Crippen molar-refractivity contribution in [2.75, 3.05) is 20.3 Å². The van der Waals surface area contributed by atoms with E-state index in [1.165, 1.54) is 25.7 Å². The second-order valence-corrected chi connectivity index (χ2v) is 4.07. The molecular weight excluding hydrogens is 166 g/mol. The first-order valence-electron chi connectivity index (χ1n) is 5.26. The molecule has 0 aromatic heterocycles. The molecule has 0 bridgehead atoms. The Morgan fingerprint density at radius 3 is 2.62 bits per heavy atom. The maximum atomic E-state index is 5.47. The van der Waals surface area contributed by atoms with Gasteiger partial charge in [0.2, 0.25) is 0 Å². The van der Waals surface area contributed by atoms with Gasteiger partial charge in [0.15, 0.2) is 0 Å². The summed E-state index contributed by atoms with van der Waals surface area (Å²) in [7, 11) is 1.82. The van der Waals surface area contributed by atoms with Gasteiger partial charge in [-0.05, 0) is 12.8 Å². The standard InChI is InChI=1S/C10H19NO2/c1-12-10-5-3-2-4-9(10)11-8-6-13-7-8/h8-11H,2-7H2,1H3. The lowest BCUT2D eigenvalue weighted by Gasteiger charge is -2.37. The average Bonchev–Trinajstić information content (AvgIpc) is 2.12. The molecule has 1 aliphatic carbocycles. The highest BCUT2D eigenvalue weighted by atomic mass is 16.5. The van der Waals surface area contributed by atoms with Crippen molar-refractivity contribution in [2.24, 2.45) is 0 Å². The molecule has 2 atom stereocenters. The number of hydrogen-bond donors (Lipinski definition) is 1. The van der Waals surface area contributed by atoms with E-state index in [1.807, 2.05) is 7.11 Å².